The highest BCUT2D eigenvalue weighted by atomic mass is 16.5. The monoisotopic (exact) mass is 329 g/mol. The minimum absolute atomic E-state index is 0.147. The highest BCUT2D eigenvalue weighted by Crippen LogP contribution is 2.23. The Hall–Kier alpha value is -3.52. The molecule has 0 radical (unpaired) electrons. The predicted octanol–water partition coefficient (Wildman–Crippen LogP) is 3.68. The summed E-state index contributed by atoms with van der Waals surface area (Å²) < 4.78 is 5.25. The maximum Gasteiger partial charge on any atom is 0.358 e. The molecule has 0 aliphatic heterocycles. The van der Waals surface area contributed by atoms with E-state index in [0.29, 0.717) is 5.56 Å². The summed E-state index contributed by atoms with van der Waals surface area (Å²) in [7, 11) is 0. The third kappa shape index (κ3) is 3.88. The molecule has 0 aliphatic rings. The molecular formula is C20H15N3O2. The number of rotatable bonds is 4. The maximum atomic E-state index is 11.9. The average Bonchev–Trinajstić information content (AvgIpc) is 2.67. The lowest BCUT2D eigenvalue weighted by Crippen LogP contribution is -2.08. The number of aryl methyl sites for hydroxylation is 1. The van der Waals surface area contributed by atoms with Crippen molar-refractivity contribution in [3.05, 3.63) is 83.4 Å². The lowest BCUT2D eigenvalue weighted by atomic mass is 9.99. The van der Waals surface area contributed by atoms with Gasteiger partial charge < -0.3 is 4.74 Å². The SMILES string of the molecule is Cc1cnc(C(=O)OCc2ccc(-c3ccccc3C#N)cc2)cn1. The second-order valence-electron chi connectivity index (χ2n) is 5.47. The zero-order chi connectivity index (χ0) is 17.6. The summed E-state index contributed by atoms with van der Waals surface area (Å²) >= 11 is 0. The van der Waals surface area contributed by atoms with Crippen molar-refractivity contribution in [2.45, 2.75) is 13.5 Å². The standard InChI is InChI=1S/C20H15N3O2/c1-14-11-23-19(12-22-14)20(24)25-13-15-6-8-16(9-7-15)18-5-3-2-4-17(18)10-21/h2-9,11-12H,13H2,1H3. The number of ether oxygens (including phenoxy) is 1. The third-order valence-electron chi connectivity index (χ3n) is 3.67. The number of esters is 1. The van der Waals surface area contributed by atoms with Gasteiger partial charge in [-0.3, -0.25) is 4.98 Å². The quantitative estimate of drug-likeness (QED) is 0.682. The minimum atomic E-state index is -0.508. The van der Waals surface area contributed by atoms with Crippen molar-refractivity contribution in [2.75, 3.05) is 0 Å². The number of carbonyl (C=O) groups is 1. The molecule has 0 bridgehead atoms. The van der Waals surface area contributed by atoms with Gasteiger partial charge in [0, 0.05) is 6.20 Å². The molecule has 0 amide bonds. The first-order valence-electron chi connectivity index (χ1n) is 7.71. The molecule has 0 unspecified atom stereocenters. The number of carbonyl (C=O) groups excluding carboxylic acids is 1. The van der Waals surface area contributed by atoms with Gasteiger partial charge in [0.25, 0.3) is 0 Å². The van der Waals surface area contributed by atoms with Crippen LogP contribution in [0.1, 0.15) is 27.3 Å². The van der Waals surface area contributed by atoms with Gasteiger partial charge in [0.15, 0.2) is 5.69 Å². The first kappa shape index (κ1) is 16.3. The number of nitrogens with zero attached hydrogens (tertiary/aromatic N) is 3. The molecular weight excluding hydrogens is 314 g/mol. The number of benzene rings is 2. The molecule has 0 N–H and O–H groups in total. The molecule has 3 rings (SSSR count). The topological polar surface area (TPSA) is 75.9 Å². The van der Waals surface area contributed by atoms with Crippen molar-refractivity contribution in [1.82, 2.24) is 9.97 Å². The molecule has 0 fully saturated rings. The maximum absolute atomic E-state index is 11.9. The molecule has 1 aromatic heterocycles. The molecule has 122 valence electrons. The molecule has 2 aromatic carbocycles. The van der Waals surface area contributed by atoms with Crippen molar-refractivity contribution >= 4 is 5.97 Å². The van der Waals surface area contributed by atoms with E-state index in [1.165, 1.54) is 12.4 Å². The first-order valence-corrected chi connectivity index (χ1v) is 7.71. The van der Waals surface area contributed by atoms with Gasteiger partial charge in [0.1, 0.15) is 6.61 Å². The van der Waals surface area contributed by atoms with Crippen LogP contribution in [-0.2, 0) is 11.3 Å². The molecule has 0 spiro atoms. The Bertz CT molecular complexity index is 926. The number of nitriles is 1. The zero-order valence-corrected chi connectivity index (χ0v) is 13.6. The lowest BCUT2D eigenvalue weighted by molar-refractivity contribution is 0.0465. The van der Waals surface area contributed by atoms with E-state index in [1.807, 2.05) is 42.5 Å². The van der Waals surface area contributed by atoms with Gasteiger partial charge in [-0.1, -0.05) is 42.5 Å². The molecule has 3 aromatic rings. The molecule has 5 nitrogen and oxygen atoms in total. The Labute approximate surface area is 145 Å². The molecule has 25 heavy (non-hydrogen) atoms. The van der Waals surface area contributed by atoms with Gasteiger partial charge in [-0.05, 0) is 29.7 Å². The highest BCUT2D eigenvalue weighted by Gasteiger charge is 2.10. The van der Waals surface area contributed by atoms with E-state index in [1.54, 1.807) is 13.0 Å². The molecule has 0 atom stereocenters. The van der Waals surface area contributed by atoms with Gasteiger partial charge in [0.2, 0.25) is 0 Å². The van der Waals surface area contributed by atoms with E-state index >= 15 is 0 Å². The summed E-state index contributed by atoms with van der Waals surface area (Å²) in [5.74, 6) is -0.508. The summed E-state index contributed by atoms with van der Waals surface area (Å²) in [6.07, 6.45) is 2.93. The Kier molecular flexibility index (Phi) is 4.82. The van der Waals surface area contributed by atoms with Gasteiger partial charge in [-0.15, -0.1) is 0 Å². The van der Waals surface area contributed by atoms with Gasteiger partial charge in [-0.2, -0.15) is 5.26 Å². The van der Waals surface area contributed by atoms with E-state index in [2.05, 4.69) is 16.0 Å². The Balaban J connectivity index is 1.68. The fourth-order valence-electron chi connectivity index (χ4n) is 2.33. The van der Waals surface area contributed by atoms with Gasteiger partial charge in [-0.25, -0.2) is 9.78 Å². The molecule has 1 heterocycles. The van der Waals surface area contributed by atoms with E-state index < -0.39 is 5.97 Å². The third-order valence-corrected chi connectivity index (χ3v) is 3.67. The first-order chi connectivity index (χ1) is 12.2. The van der Waals surface area contributed by atoms with Crippen LogP contribution in [0.15, 0.2) is 60.9 Å². The van der Waals surface area contributed by atoms with Crippen LogP contribution in [0, 0.1) is 18.3 Å². The van der Waals surface area contributed by atoms with Crippen LogP contribution in [0.4, 0.5) is 0 Å². The zero-order valence-electron chi connectivity index (χ0n) is 13.6. The van der Waals surface area contributed by atoms with Crippen LogP contribution in [0.2, 0.25) is 0 Å². The predicted molar refractivity (Wildman–Crippen MR) is 92.5 cm³/mol. The van der Waals surface area contributed by atoms with Crippen LogP contribution < -0.4 is 0 Å². The van der Waals surface area contributed by atoms with Crippen molar-refractivity contribution in [3.63, 3.8) is 0 Å². The summed E-state index contributed by atoms with van der Waals surface area (Å²) in [6, 6.07) is 17.2. The van der Waals surface area contributed by atoms with Crippen molar-refractivity contribution < 1.29 is 9.53 Å². The second kappa shape index (κ2) is 7.37. The highest BCUT2D eigenvalue weighted by molar-refractivity contribution is 5.86. The molecule has 5 heteroatoms. The molecule has 0 aliphatic carbocycles. The van der Waals surface area contributed by atoms with Gasteiger partial charge >= 0.3 is 5.97 Å². The second-order valence-corrected chi connectivity index (χ2v) is 5.47. The van der Waals surface area contributed by atoms with E-state index in [4.69, 9.17) is 4.74 Å². The van der Waals surface area contributed by atoms with Crippen LogP contribution in [-0.4, -0.2) is 15.9 Å². The van der Waals surface area contributed by atoms with E-state index in [9.17, 15) is 10.1 Å². The lowest BCUT2D eigenvalue weighted by Gasteiger charge is -2.07. The Morgan fingerprint density at radius 1 is 1.08 bits per heavy atom. The fraction of sp³-hybridized carbons (Fsp3) is 0.100. The molecule has 0 saturated carbocycles. The Morgan fingerprint density at radius 2 is 1.84 bits per heavy atom. The average molecular weight is 329 g/mol. The smallest absolute Gasteiger partial charge is 0.358 e. The van der Waals surface area contributed by atoms with Crippen molar-refractivity contribution in [1.29, 1.82) is 5.26 Å². The summed E-state index contributed by atoms with van der Waals surface area (Å²) in [4.78, 5) is 20.0. The van der Waals surface area contributed by atoms with E-state index in [-0.39, 0.29) is 12.3 Å². The van der Waals surface area contributed by atoms with Crippen LogP contribution >= 0.6 is 0 Å². The molecule has 0 saturated heterocycles. The Morgan fingerprint density at radius 3 is 2.52 bits per heavy atom. The van der Waals surface area contributed by atoms with Crippen LogP contribution in [0.3, 0.4) is 0 Å². The summed E-state index contributed by atoms with van der Waals surface area (Å²) in [6.45, 7) is 1.95. The number of hydrogen-bond acceptors (Lipinski definition) is 5. The van der Waals surface area contributed by atoms with Crippen LogP contribution in [0.25, 0.3) is 11.1 Å². The number of aromatic nitrogens is 2. The summed E-state index contributed by atoms with van der Waals surface area (Å²) in [5.41, 5.74) is 4.22. The minimum Gasteiger partial charge on any atom is -0.456 e. The fourth-order valence-corrected chi connectivity index (χ4v) is 2.33. The van der Waals surface area contributed by atoms with Crippen molar-refractivity contribution in [2.24, 2.45) is 0 Å². The largest absolute Gasteiger partial charge is 0.456 e. The normalized spacial score (nSPS) is 10.1. The summed E-state index contributed by atoms with van der Waals surface area (Å²) in [5, 5.41) is 9.19. The van der Waals surface area contributed by atoms with Gasteiger partial charge in [0.05, 0.1) is 23.5 Å². The van der Waals surface area contributed by atoms with E-state index in [0.717, 1.165) is 22.4 Å². The van der Waals surface area contributed by atoms with Crippen LogP contribution in [0.5, 0.6) is 0 Å². The number of hydrogen-bond donors (Lipinski definition) is 0. The van der Waals surface area contributed by atoms with Crippen molar-refractivity contribution in [3.8, 4) is 17.2 Å².